The lowest BCUT2D eigenvalue weighted by atomic mass is 10.2. The second kappa shape index (κ2) is 6.07. The van der Waals surface area contributed by atoms with Gasteiger partial charge >= 0.3 is 0 Å². The molecule has 0 fully saturated rings. The number of hydrogen-bond donors (Lipinski definition) is 0. The molecule has 0 saturated carbocycles. The topological polar surface area (TPSA) is 51.8 Å². The maximum atomic E-state index is 6.04. The third-order valence-electron chi connectivity index (χ3n) is 2.56. The minimum atomic E-state index is 0.538. The van der Waals surface area contributed by atoms with Gasteiger partial charge in [-0.15, -0.1) is 0 Å². The van der Waals surface area contributed by atoms with Crippen LogP contribution in [0.3, 0.4) is 0 Å². The van der Waals surface area contributed by atoms with Crippen molar-refractivity contribution >= 4 is 23.4 Å². The molecule has 0 aliphatic heterocycles. The van der Waals surface area contributed by atoms with Crippen LogP contribution in [0.1, 0.15) is 5.89 Å². The first kappa shape index (κ1) is 13.1. The second-order valence-electron chi connectivity index (χ2n) is 3.96. The van der Waals surface area contributed by atoms with Gasteiger partial charge in [0.15, 0.2) is 0 Å². The summed E-state index contributed by atoms with van der Waals surface area (Å²) in [6.45, 7) is 0. The van der Waals surface area contributed by atoms with E-state index in [0.717, 1.165) is 10.6 Å². The maximum Gasteiger partial charge on any atom is 0.237 e. The zero-order valence-electron chi connectivity index (χ0n) is 10.4. The van der Waals surface area contributed by atoms with Gasteiger partial charge in [-0.2, -0.15) is 4.98 Å². The number of nitrogens with zero attached hydrogens (tertiary/aromatic N) is 3. The molecule has 4 nitrogen and oxygen atoms in total. The standard InChI is InChI=1S/C14H10ClN3OS/c15-11-7-4-8-16-14(11)20-9-12-17-13(18-19-12)10-5-2-1-3-6-10/h1-8H,9H2. The Morgan fingerprint density at radius 3 is 2.75 bits per heavy atom. The molecule has 1 aromatic carbocycles. The van der Waals surface area contributed by atoms with Gasteiger partial charge in [0, 0.05) is 11.8 Å². The van der Waals surface area contributed by atoms with Crippen molar-refractivity contribution < 1.29 is 4.52 Å². The lowest BCUT2D eigenvalue weighted by Gasteiger charge is -1.98. The van der Waals surface area contributed by atoms with Gasteiger partial charge in [0.1, 0.15) is 5.03 Å². The summed E-state index contributed by atoms with van der Waals surface area (Å²) in [5.74, 6) is 1.68. The number of halogens is 1. The third-order valence-corrected chi connectivity index (χ3v) is 3.96. The van der Waals surface area contributed by atoms with E-state index in [9.17, 15) is 0 Å². The van der Waals surface area contributed by atoms with Crippen LogP contribution < -0.4 is 0 Å². The van der Waals surface area contributed by atoms with Crippen LogP contribution in [0.5, 0.6) is 0 Å². The van der Waals surface area contributed by atoms with Crippen molar-refractivity contribution in [2.45, 2.75) is 10.8 Å². The molecule has 20 heavy (non-hydrogen) atoms. The Labute approximate surface area is 125 Å². The molecule has 3 rings (SSSR count). The molecule has 0 amide bonds. The van der Waals surface area contributed by atoms with Crippen LogP contribution in [-0.4, -0.2) is 15.1 Å². The fraction of sp³-hybridized carbons (Fsp3) is 0.0714. The smallest absolute Gasteiger partial charge is 0.237 e. The van der Waals surface area contributed by atoms with Crippen LogP contribution in [0.2, 0.25) is 5.02 Å². The Bertz CT molecular complexity index is 702. The van der Waals surface area contributed by atoms with Crippen LogP contribution in [-0.2, 0) is 5.75 Å². The molecule has 0 atom stereocenters. The van der Waals surface area contributed by atoms with E-state index in [0.29, 0.717) is 22.5 Å². The lowest BCUT2D eigenvalue weighted by Crippen LogP contribution is -1.85. The summed E-state index contributed by atoms with van der Waals surface area (Å²) in [5.41, 5.74) is 0.934. The van der Waals surface area contributed by atoms with Gasteiger partial charge in [-0.25, -0.2) is 4.98 Å². The number of hydrogen-bond acceptors (Lipinski definition) is 5. The average Bonchev–Trinajstić information content (AvgIpc) is 2.96. The highest BCUT2D eigenvalue weighted by atomic mass is 35.5. The Morgan fingerprint density at radius 2 is 1.95 bits per heavy atom. The van der Waals surface area contributed by atoms with Gasteiger partial charge in [0.05, 0.1) is 10.8 Å². The second-order valence-corrected chi connectivity index (χ2v) is 5.33. The van der Waals surface area contributed by atoms with E-state index >= 15 is 0 Å². The molecule has 0 aliphatic rings. The van der Waals surface area contributed by atoms with Gasteiger partial charge in [0.25, 0.3) is 0 Å². The molecule has 2 aromatic heterocycles. The van der Waals surface area contributed by atoms with Gasteiger partial charge < -0.3 is 4.52 Å². The zero-order chi connectivity index (χ0) is 13.8. The summed E-state index contributed by atoms with van der Waals surface area (Å²) < 4.78 is 5.23. The van der Waals surface area contributed by atoms with E-state index in [2.05, 4.69) is 15.1 Å². The molecule has 0 unspecified atom stereocenters. The largest absolute Gasteiger partial charge is 0.338 e. The molecule has 0 aliphatic carbocycles. The van der Waals surface area contributed by atoms with Crippen molar-refractivity contribution in [2.75, 3.05) is 0 Å². The van der Waals surface area contributed by atoms with E-state index in [-0.39, 0.29) is 0 Å². The van der Waals surface area contributed by atoms with Crippen molar-refractivity contribution in [3.63, 3.8) is 0 Å². The molecule has 6 heteroatoms. The average molecular weight is 304 g/mol. The van der Waals surface area contributed by atoms with Crippen molar-refractivity contribution in [1.29, 1.82) is 0 Å². The number of benzene rings is 1. The monoisotopic (exact) mass is 303 g/mol. The summed E-state index contributed by atoms with van der Waals surface area (Å²) in [7, 11) is 0. The fourth-order valence-corrected chi connectivity index (χ4v) is 2.63. The van der Waals surface area contributed by atoms with Crippen LogP contribution >= 0.6 is 23.4 Å². The summed E-state index contributed by atoms with van der Waals surface area (Å²) in [5, 5.41) is 5.35. The van der Waals surface area contributed by atoms with E-state index in [1.54, 1.807) is 18.3 Å². The van der Waals surface area contributed by atoms with Crippen LogP contribution in [0, 0.1) is 0 Å². The first-order chi connectivity index (χ1) is 9.83. The Hall–Kier alpha value is -1.85. The molecule has 0 bridgehead atoms. The minimum absolute atomic E-state index is 0.538. The maximum absolute atomic E-state index is 6.04. The van der Waals surface area contributed by atoms with Crippen LogP contribution in [0.15, 0.2) is 58.2 Å². The molecule has 0 spiro atoms. The fourth-order valence-electron chi connectivity index (χ4n) is 1.63. The van der Waals surface area contributed by atoms with Crippen LogP contribution in [0.4, 0.5) is 0 Å². The molecule has 0 saturated heterocycles. The molecular weight excluding hydrogens is 294 g/mol. The Morgan fingerprint density at radius 1 is 1.10 bits per heavy atom. The summed E-state index contributed by atoms with van der Waals surface area (Å²) >= 11 is 7.51. The van der Waals surface area contributed by atoms with Crippen molar-refractivity contribution in [2.24, 2.45) is 0 Å². The summed E-state index contributed by atoms with van der Waals surface area (Å²) in [4.78, 5) is 8.56. The first-order valence-corrected chi connectivity index (χ1v) is 7.30. The minimum Gasteiger partial charge on any atom is -0.338 e. The van der Waals surface area contributed by atoms with Crippen LogP contribution in [0.25, 0.3) is 11.4 Å². The quantitative estimate of drug-likeness (QED) is 0.680. The SMILES string of the molecule is Clc1cccnc1SCc1nc(-c2ccccc2)no1. The van der Waals surface area contributed by atoms with E-state index in [1.165, 1.54) is 11.8 Å². The molecular formula is C14H10ClN3OS. The Kier molecular flexibility index (Phi) is 3.99. The van der Waals surface area contributed by atoms with Crippen molar-refractivity contribution in [3.8, 4) is 11.4 Å². The summed E-state index contributed by atoms with van der Waals surface area (Å²) in [6, 6.07) is 13.3. The first-order valence-electron chi connectivity index (χ1n) is 5.94. The number of aromatic nitrogens is 3. The van der Waals surface area contributed by atoms with E-state index in [4.69, 9.17) is 16.1 Å². The van der Waals surface area contributed by atoms with Crippen molar-refractivity contribution in [1.82, 2.24) is 15.1 Å². The highest BCUT2D eigenvalue weighted by Gasteiger charge is 2.10. The Balaban J connectivity index is 1.71. The highest BCUT2D eigenvalue weighted by Crippen LogP contribution is 2.27. The molecule has 2 heterocycles. The van der Waals surface area contributed by atoms with E-state index in [1.807, 2.05) is 30.3 Å². The predicted molar refractivity (Wildman–Crippen MR) is 78.5 cm³/mol. The van der Waals surface area contributed by atoms with E-state index < -0.39 is 0 Å². The molecule has 0 N–H and O–H groups in total. The predicted octanol–water partition coefficient (Wildman–Crippen LogP) is 4.08. The lowest BCUT2D eigenvalue weighted by molar-refractivity contribution is 0.391. The highest BCUT2D eigenvalue weighted by molar-refractivity contribution is 7.98. The van der Waals surface area contributed by atoms with Gasteiger partial charge in [-0.1, -0.05) is 58.9 Å². The third kappa shape index (κ3) is 3.00. The summed E-state index contributed by atoms with van der Waals surface area (Å²) in [6.07, 6.45) is 1.71. The molecule has 3 aromatic rings. The van der Waals surface area contributed by atoms with Gasteiger partial charge in [0.2, 0.25) is 11.7 Å². The number of thioether (sulfide) groups is 1. The number of rotatable bonds is 4. The van der Waals surface area contributed by atoms with Crippen molar-refractivity contribution in [3.05, 3.63) is 59.6 Å². The zero-order valence-corrected chi connectivity index (χ0v) is 11.9. The normalized spacial score (nSPS) is 10.7. The van der Waals surface area contributed by atoms with Gasteiger partial charge in [-0.3, -0.25) is 0 Å². The van der Waals surface area contributed by atoms with Gasteiger partial charge in [-0.05, 0) is 12.1 Å². The number of pyridine rings is 1. The molecule has 100 valence electrons. The molecule has 0 radical (unpaired) electrons.